The number of benzene rings is 1. The summed E-state index contributed by atoms with van der Waals surface area (Å²) in [5.41, 5.74) is 0.403. The summed E-state index contributed by atoms with van der Waals surface area (Å²) in [6.07, 6.45) is 0.558. The molecule has 7 heteroatoms. The molecule has 0 bridgehead atoms. The van der Waals surface area contributed by atoms with Gasteiger partial charge in [0.15, 0.2) is 0 Å². The number of rotatable bonds is 6. The Kier molecular flexibility index (Phi) is 5.60. The van der Waals surface area contributed by atoms with Crippen LogP contribution >= 0.6 is 24.0 Å². The Labute approximate surface area is 131 Å². The number of H-pyrrole nitrogens is 1. The molecule has 0 radical (unpaired) electrons. The summed E-state index contributed by atoms with van der Waals surface area (Å²) in [5.74, 6) is 0. The molecule has 112 valence electrons. The van der Waals surface area contributed by atoms with E-state index in [1.807, 2.05) is 37.3 Å². The van der Waals surface area contributed by atoms with Crippen molar-refractivity contribution in [2.24, 2.45) is 0 Å². The maximum atomic E-state index is 12.1. The van der Waals surface area contributed by atoms with Gasteiger partial charge in [0.05, 0.1) is 12.2 Å². The first-order valence-electron chi connectivity index (χ1n) is 6.52. The molecule has 0 saturated heterocycles. The number of hydrogen-bond donors (Lipinski definition) is 2. The van der Waals surface area contributed by atoms with Crippen LogP contribution in [0.3, 0.4) is 0 Å². The summed E-state index contributed by atoms with van der Waals surface area (Å²) in [4.78, 5) is 21.1. The zero-order valence-electron chi connectivity index (χ0n) is 11.5. The Morgan fingerprint density at radius 3 is 2.71 bits per heavy atom. The van der Waals surface area contributed by atoms with E-state index in [4.69, 9.17) is 22.2 Å². The second-order valence-electron chi connectivity index (χ2n) is 4.16. The highest BCUT2D eigenvalue weighted by molar-refractivity contribution is 7.99. The van der Waals surface area contributed by atoms with E-state index in [1.54, 1.807) is 0 Å². The molecule has 21 heavy (non-hydrogen) atoms. The summed E-state index contributed by atoms with van der Waals surface area (Å²) in [7, 11) is 0. The molecule has 2 rings (SSSR count). The third-order valence-electron chi connectivity index (χ3n) is 2.74. The number of aliphatic hydroxyl groups excluding tert-OH is 1. The van der Waals surface area contributed by atoms with Crippen molar-refractivity contribution in [3.63, 3.8) is 0 Å². The molecule has 2 N–H and O–H groups in total. The number of hydrogen-bond acceptors (Lipinski definition) is 5. The average molecular weight is 324 g/mol. The number of aliphatic hydroxyl groups is 1. The summed E-state index contributed by atoms with van der Waals surface area (Å²) < 4.78 is 1.59. The minimum absolute atomic E-state index is 0.103. The van der Waals surface area contributed by atoms with E-state index in [1.165, 1.54) is 16.5 Å². The zero-order chi connectivity index (χ0) is 15.2. The van der Waals surface area contributed by atoms with Crippen molar-refractivity contribution >= 4 is 24.0 Å². The van der Waals surface area contributed by atoms with Gasteiger partial charge in [-0.2, -0.15) is 0 Å². The topological polar surface area (TPSA) is 67.2 Å². The number of nitrogens with one attached hydrogen (secondary N) is 1. The van der Waals surface area contributed by atoms with E-state index in [0.29, 0.717) is 17.0 Å². The molecule has 5 nitrogen and oxygen atoms in total. The quantitative estimate of drug-likeness (QED) is 0.629. The van der Waals surface area contributed by atoms with Gasteiger partial charge < -0.3 is 9.94 Å². The van der Waals surface area contributed by atoms with E-state index in [2.05, 4.69) is 4.98 Å². The fourth-order valence-corrected chi connectivity index (χ4v) is 3.20. The molecule has 0 atom stereocenters. The van der Waals surface area contributed by atoms with Gasteiger partial charge in [0.1, 0.15) is 11.6 Å². The molecular formula is C14H16N2O3S2. The van der Waals surface area contributed by atoms with Gasteiger partial charge in [0.25, 0.3) is 5.56 Å². The van der Waals surface area contributed by atoms with Crippen LogP contribution in [0.5, 0.6) is 0 Å². The predicted octanol–water partition coefficient (Wildman–Crippen LogP) is 2.04. The van der Waals surface area contributed by atoms with Crippen molar-refractivity contribution in [1.82, 2.24) is 9.71 Å². The first-order chi connectivity index (χ1) is 10.2. The summed E-state index contributed by atoms with van der Waals surface area (Å²) in [5, 5.41) is 9.57. The highest BCUT2D eigenvalue weighted by atomic mass is 32.2. The van der Waals surface area contributed by atoms with E-state index in [0.717, 1.165) is 4.90 Å². The van der Waals surface area contributed by atoms with Crippen LogP contribution in [0.25, 0.3) is 0 Å². The van der Waals surface area contributed by atoms with Crippen molar-refractivity contribution in [3.05, 3.63) is 51.0 Å². The van der Waals surface area contributed by atoms with Crippen LogP contribution in [-0.4, -0.2) is 28.0 Å². The second kappa shape index (κ2) is 7.44. The molecule has 0 fully saturated rings. The molecule has 0 aliphatic carbocycles. The lowest BCUT2D eigenvalue weighted by Gasteiger charge is -2.16. The van der Waals surface area contributed by atoms with E-state index in [-0.39, 0.29) is 23.5 Å². The van der Waals surface area contributed by atoms with Gasteiger partial charge in [-0.05, 0) is 30.8 Å². The number of aromatic nitrogens is 2. The number of aromatic amines is 1. The van der Waals surface area contributed by atoms with Crippen LogP contribution in [0.15, 0.2) is 45.0 Å². The smallest absolute Gasteiger partial charge is 0.256 e. The number of nitrogens with zero attached hydrogens (tertiary/aromatic N) is 1. The largest absolute Gasteiger partial charge is 0.408 e. The van der Waals surface area contributed by atoms with Gasteiger partial charge in [0.2, 0.25) is 4.77 Å². The lowest BCUT2D eigenvalue weighted by Crippen LogP contribution is -2.26. The molecule has 0 unspecified atom stereocenters. The van der Waals surface area contributed by atoms with Crippen LogP contribution in [0, 0.1) is 4.77 Å². The van der Waals surface area contributed by atoms with Crippen LogP contribution in [0.2, 0.25) is 0 Å². The predicted molar refractivity (Wildman–Crippen MR) is 84.4 cm³/mol. The Hall–Kier alpha value is -1.57. The molecular weight excluding hydrogens is 308 g/mol. The average Bonchev–Trinajstić information content (AvgIpc) is 2.48. The summed E-state index contributed by atoms with van der Waals surface area (Å²) in [6.45, 7) is 1.88. The molecule has 0 saturated carbocycles. The maximum Gasteiger partial charge on any atom is 0.256 e. The minimum atomic E-state index is -0.204. The SMILES string of the molecule is CCc1c(Sc2ccccc2)n(OCCO)c(=S)[nH]c1=O. The molecule has 1 aromatic carbocycles. The van der Waals surface area contributed by atoms with E-state index in [9.17, 15) is 4.79 Å². The third-order valence-corrected chi connectivity index (χ3v) is 4.13. The monoisotopic (exact) mass is 324 g/mol. The Balaban J connectivity index is 2.53. The summed E-state index contributed by atoms with van der Waals surface area (Å²) in [6, 6.07) is 9.68. The molecule has 0 spiro atoms. The van der Waals surface area contributed by atoms with E-state index >= 15 is 0 Å². The van der Waals surface area contributed by atoms with Gasteiger partial charge in [0, 0.05) is 4.90 Å². The zero-order valence-corrected chi connectivity index (χ0v) is 13.2. The van der Waals surface area contributed by atoms with Crippen LogP contribution in [-0.2, 0) is 6.42 Å². The van der Waals surface area contributed by atoms with Crippen molar-refractivity contribution in [3.8, 4) is 0 Å². The molecule has 1 heterocycles. The first-order valence-corrected chi connectivity index (χ1v) is 7.75. The van der Waals surface area contributed by atoms with Gasteiger partial charge in [-0.1, -0.05) is 36.9 Å². The second-order valence-corrected chi connectivity index (χ2v) is 5.61. The standard InChI is InChI=1S/C14H16N2O3S2/c1-2-11-12(18)15-14(20)16(19-9-8-17)13(11)21-10-6-4-3-5-7-10/h3-7,17H,2,8-9H2,1H3,(H,15,18,20). The highest BCUT2D eigenvalue weighted by Gasteiger charge is 2.14. The molecule has 2 aromatic rings. The third kappa shape index (κ3) is 3.75. The van der Waals surface area contributed by atoms with Gasteiger partial charge >= 0.3 is 0 Å². The minimum Gasteiger partial charge on any atom is -0.408 e. The van der Waals surface area contributed by atoms with Crippen LogP contribution in [0.1, 0.15) is 12.5 Å². The van der Waals surface area contributed by atoms with Crippen LogP contribution < -0.4 is 10.4 Å². The van der Waals surface area contributed by atoms with Gasteiger partial charge in [-0.15, -0.1) is 4.73 Å². The fourth-order valence-electron chi connectivity index (χ4n) is 1.80. The molecule has 1 aromatic heterocycles. The molecule has 0 amide bonds. The lowest BCUT2D eigenvalue weighted by molar-refractivity contribution is 0.0547. The van der Waals surface area contributed by atoms with Crippen molar-refractivity contribution < 1.29 is 9.94 Å². The van der Waals surface area contributed by atoms with Gasteiger partial charge in [-0.25, -0.2) is 0 Å². The van der Waals surface area contributed by atoms with Crippen molar-refractivity contribution in [2.75, 3.05) is 13.2 Å². The Morgan fingerprint density at radius 2 is 2.10 bits per heavy atom. The van der Waals surface area contributed by atoms with Gasteiger partial charge in [-0.3, -0.25) is 9.78 Å². The molecule has 0 aliphatic heterocycles. The molecule has 0 aliphatic rings. The Morgan fingerprint density at radius 1 is 1.38 bits per heavy atom. The normalized spacial score (nSPS) is 10.6. The maximum absolute atomic E-state index is 12.1. The van der Waals surface area contributed by atoms with Crippen LogP contribution in [0.4, 0.5) is 0 Å². The van der Waals surface area contributed by atoms with E-state index < -0.39 is 0 Å². The fraction of sp³-hybridized carbons (Fsp3) is 0.286. The van der Waals surface area contributed by atoms with Crippen molar-refractivity contribution in [1.29, 1.82) is 0 Å². The first kappa shape index (κ1) is 15.8. The lowest BCUT2D eigenvalue weighted by atomic mass is 10.3. The highest BCUT2D eigenvalue weighted by Crippen LogP contribution is 2.28. The Bertz CT molecular complexity index is 710. The van der Waals surface area contributed by atoms with Crippen molar-refractivity contribution in [2.45, 2.75) is 23.3 Å². The summed E-state index contributed by atoms with van der Waals surface area (Å²) >= 11 is 6.57.